The Morgan fingerprint density at radius 1 is 1.05 bits per heavy atom. The van der Waals surface area contributed by atoms with Gasteiger partial charge in [-0.25, -0.2) is 0 Å². The molecule has 1 saturated carbocycles. The van der Waals surface area contributed by atoms with Gasteiger partial charge in [0.2, 0.25) is 0 Å². The van der Waals surface area contributed by atoms with Gasteiger partial charge in [0, 0.05) is 4.47 Å². The first-order valence-electron chi connectivity index (χ1n) is 7.27. The van der Waals surface area contributed by atoms with Gasteiger partial charge in [-0.15, -0.1) is 0 Å². The SMILES string of the molecule is COc1cc(Br)c(C(O)C2CCCCCC2)cc1OC. The fraction of sp³-hybridized carbons (Fsp3) is 0.625. The van der Waals surface area contributed by atoms with Gasteiger partial charge in [-0.2, -0.15) is 0 Å². The van der Waals surface area contributed by atoms with E-state index in [4.69, 9.17) is 9.47 Å². The van der Waals surface area contributed by atoms with Crippen LogP contribution in [0.5, 0.6) is 11.5 Å². The van der Waals surface area contributed by atoms with Crippen LogP contribution < -0.4 is 9.47 Å². The summed E-state index contributed by atoms with van der Waals surface area (Å²) >= 11 is 3.54. The lowest BCUT2D eigenvalue weighted by atomic mass is 9.89. The van der Waals surface area contributed by atoms with Crippen molar-refractivity contribution in [1.29, 1.82) is 0 Å². The van der Waals surface area contributed by atoms with Crippen LogP contribution in [0.3, 0.4) is 0 Å². The summed E-state index contributed by atoms with van der Waals surface area (Å²) in [6.45, 7) is 0. The van der Waals surface area contributed by atoms with E-state index in [9.17, 15) is 5.11 Å². The predicted octanol–water partition coefficient (Wildman–Crippen LogP) is 4.47. The van der Waals surface area contributed by atoms with Gasteiger partial charge >= 0.3 is 0 Å². The summed E-state index contributed by atoms with van der Waals surface area (Å²) in [6.07, 6.45) is 6.76. The summed E-state index contributed by atoms with van der Waals surface area (Å²) in [5, 5.41) is 10.7. The van der Waals surface area contributed by atoms with Crippen molar-refractivity contribution in [3.8, 4) is 11.5 Å². The third-order valence-corrected chi connectivity index (χ3v) is 4.85. The first-order chi connectivity index (χ1) is 9.67. The van der Waals surface area contributed by atoms with Crippen LogP contribution in [0, 0.1) is 5.92 Å². The second kappa shape index (κ2) is 7.32. The van der Waals surface area contributed by atoms with Gasteiger partial charge in [0.05, 0.1) is 20.3 Å². The Kier molecular flexibility index (Phi) is 5.73. The minimum absolute atomic E-state index is 0.340. The van der Waals surface area contributed by atoms with Crippen molar-refractivity contribution in [1.82, 2.24) is 0 Å². The highest BCUT2D eigenvalue weighted by molar-refractivity contribution is 9.10. The van der Waals surface area contributed by atoms with E-state index < -0.39 is 6.10 Å². The largest absolute Gasteiger partial charge is 0.493 e. The molecule has 1 aromatic rings. The third kappa shape index (κ3) is 3.47. The second-order valence-corrected chi connectivity index (χ2v) is 6.28. The van der Waals surface area contributed by atoms with Gasteiger partial charge in [-0.05, 0) is 36.5 Å². The number of aliphatic hydroxyl groups is 1. The van der Waals surface area contributed by atoms with Gasteiger partial charge in [-0.1, -0.05) is 41.6 Å². The molecule has 0 bridgehead atoms. The van der Waals surface area contributed by atoms with E-state index in [0.717, 1.165) is 22.9 Å². The molecule has 4 heteroatoms. The molecule has 1 aliphatic carbocycles. The number of hydrogen-bond acceptors (Lipinski definition) is 3. The number of ether oxygens (including phenoxy) is 2. The lowest BCUT2D eigenvalue weighted by Gasteiger charge is -2.23. The van der Waals surface area contributed by atoms with Crippen molar-refractivity contribution < 1.29 is 14.6 Å². The van der Waals surface area contributed by atoms with Crippen LogP contribution in [0.25, 0.3) is 0 Å². The quantitative estimate of drug-likeness (QED) is 0.820. The summed E-state index contributed by atoms with van der Waals surface area (Å²) in [5.41, 5.74) is 0.898. The van der Waals surface area contributed by atoms with Crippen LogP contribution in [0.4, 0.5) is 0 Å². The second-order valence-electron chi connectivity index (χ2n) is 5.43. The molecule has 20 heavy (non-hydrogen) atoms. The smallest absolute Gasteiger partial charge is 0.161 e. The molecule has 0 saturated heterocycles. The lowest BCUT2D eigenvalue weighted by molar-refractivity contribution is 0.0978. The molecule has 0 radical (unpaired) electrons. The zero-order valence-electron chi connectivity index (χ0n) is 12.2. The molecule has 0 aromatic heterocycles. The van der Waals surface area contributed by atoms with Gasteiger partial charge in [0.1, 0.15) is 0 Å². The number of rotatable bonds is 4. The monoisotopic (exact) mass is 342 g/mol. The van der Waals surface area contributed by atoms with Gasteiger partial charge < -0.3 is 14.6 Å². The van der Waals surface area contributed by atoms with Gasteiger partial charge in [0.25, 0.3) is 0 Å². The van der Waals surface area contributed by atoms with Crippen molar-refractivity contribution in [2.75, 3.05) is 14.2 Å². The van der Waals surface area contributed by atoms with Crippen LogP contribution in [-0.4, -0.2) is 19.3 Å². The topological polar surface area (TPSA) is 38.7 Å². The Bertz CT molecular complexity index is 440. The molecular weight excluding hydrogens is 320 g/mol. The van der Waals surface area contributed by atoms with Crippen molar-refractivity contribution in [3.63, 3.8) is 0 Å². The fourth-order valence-electron chi connectivity index (χ4n) is 2.98. The highest BCUT2D eigenvalue weighted by Gasteiger charge is 2.25. The van der Waals surface area contributed by atoms with Crippen LogP contribution in [0.15, 0.2) is 16.6 Å². The van der Waals surface area contributed by atoms with E-state index in [2.05, 4.69) is 15.9 Å². The standard InChI is InChI=1S/C16H23BrO3/c1-19-14-9-12(13(17)10-15(14)20-2)16(18)11-7-5-3-4-6-8-11/h9-11,16,18H,3-8H2,1-2H3. The average Bonchev–Trinajstić information content (AvgIpc) is 2.75. The van der Waals surface area contributed by atoms with Gasteiger partial charge in [-0.3, -0.25) is 0 Å². The number of halogens is 1. The summed E-state index contributed by atoms with van der Waals surface area (Å²) in [5.74, 6) is 1.68. The van der Waals surface area contributed by atoms with Crippen molar-refractivity contribution in [2.45, 2.75) is 44.6 Å². The predicted molar refractivity (Wildman–Crippen MR) is 83.4 cm³/mol. The highest BCUT2D eigenvalue weighted by Crippen LogP contribution is 2.41. The van der Waals surface area contributed by atoms with Crippen LogP contribution >= 0.6 is 15.9 Å². The van der Waals surface area contributed by atoms with E-state index in [0.29, 0.717) is 17.4 Å². The molecule has 1 aromatic carbocycles. The van der Waals surface area contributed by atoms with Crippen molar-refractivity contribution in [3.05, 3.63) is 22.2 Å². The number of benzene rings is 1. The fourth-order valence-corrected chi connectivity index (χ4v) is 3.53. The molecule has 1 N–H and O–H groups in total. The molecule has 0 amide bonds. The molecule has 112 valence electrons. The Morgan fingerprint density at radius 3 is 2.15 bits per heavy atom. The molecule has 0 spiro atoms. The zero-order valence-corrected chi connectivity index (χ0v) is 13.8. The molecule has 0 heterocycles. The highest BCUT2D eigenvalue weighted by atomic mass is 79.9. The van der Waals surface area contributed by atoms with E-state index in [1.165, 1.54) is 25.7 Å². The molecular formula is C16H23BrO3. The summed E-state index contributed by atoms with van der Waals surface area (Å²) in [7, 11) is 3.24. The van der Waals surface area contributed by atoms with Gasteiger partial charge in [0.15, 0.2) is 11.5 Å². The third-order valence-electron chi connectivity index (χ3n) is 4.17. The molecule has 3 nitrogen and oxygen atoms in total. The average molecular weight is 343 g/mol. The minimum Gasteiger partial charge on any atom is -0.493 e. The molecule has 1 aliphatic rings. The van der Waals surface area contributed by atoms with Crippen molar-refractivity contribution >= 4 is 15.9 Å². The number of methoxy groups -OCH3 is 2. The molecule has 1 unspecified atom stereocenters. The van der Waals surface area contributed by atoms with Crippen molar-refractivity contribution in [2.24, 2.45) is 5.92 Å². The maximum atomic E-state index is 10.7. The maximum absolute atomic E-state index is 10.7. The molecule has 2 rings (SSSR count). The lowest BCUT2D eigenvalue weighted by Crippen LogP contribution is -2.13. The molecule has 0 aliphatic heterocycles. The Balaban J connectivity index is 2.26. The summed E-state index contributed by atoms with van der Waals surface area (Å²) in [4.78, 5) is 0. The van der Waals surface area contributed by atoms with E-state index >= 15 is 0 Å². The zero-order chi connectivity index (χ0) is 14.5. The number of hydrogen-bond donors (Lipinski definition) is 1. The van der Waals surface area contributed by atoms with E-state index in [-0.39, 0.29) is 0 Å². The summed E-state index contributed by atoms with van der Waals surface area (Å²) < 4.78 is 11.5. The minimum atomic E-state index is -0.442. The Morgan fingerprint density at radius 2 is 1.60 bits per heavy atom. The molecule has 1 fully saturated rings. The normalized spacial score (nSPS) is 18.4. The van der Waals surface area contributed by atoms with Crippen LogP contribution in [0.2, 0.25) is 0 Å². The van der Waals surface area contributed by atoms with E-state index in [1.54, 1.807) is 14.2 Å². The molecule has 1 atom stereocenters. The summed E-state index contributed by atoms with van der Waals surface area (Å²) in [6, 6.07) is 3.76. The van der Waals surface area contributed by atoms with Crippen LogP contribution in [-0.2, 0) is 0 Å². The Hall–Kier alpha value is -0.740. The number of aliphatic hydroxyl groups excluding tert-OH is 1. The Labute approximate surface area is 129 Å². The van der Waals surface area contributed by atoms with Crippen LogP contribution in [0.1, 0.15) is 50.2 Å². The maximum Gasteiger partial charge on any atom is 0.161 e. The van der Waals surface area contributed by atoms with E-state index in [1.807, 2.05) is 12.1 Å². The first-order valence-corrected chi connectivity index (χ1v) is 8.06. The first kappa shape index (κ1) is 15.6.